The number of oxazole rings is 1. The molecule has 3 rings (SSSR count). The summed E-state index contributed by atoms with van der Waals surface area (Å²) in [4.78, 5) is 8.64. The van der Waals surface area contributed by atoms with Gasteiger partial charge in [-0.15, -0.1) is 0 Å². The van der Waals surface area contributed by atoms with Gasteiger partial charge in [-0.05, 0) is 26.0 Å². The smallest absolute Gasteiger partial charge is 0.213 e. The van der Waals surface area contributed by atoms with E-state index in [0.29, 0.717) is 24.9 Å². The summed E-state index contributed by atoms with van der Waals surface area (Å²) in [6.07, 6.45) is 1.79. The SMILES string of the molecule is CN=C(NCc1ncc(C(C)(C)C)o1)NCc1c(C)nn(-c2ccccc2)c1C. The lowest BCUT2D eigenvalue weighted by atomic mass is 9.94. The lowest BCUT2D eigenvalue weighted by Gasteiger charge is -2.13. The van der Waals surface area contributed by atoms with Crippen molar-refractivity contribution in [2.75, 3.05) is 7.05 Å². The van der Waals surface area contributed by atoms with Crippen molar-refractivity contribution in [3.8, 4) is 5.69 Å². The van der Waals surface area contributed by atoms with Crippen LogP contribution in [0.1, 0.15) is 49.4 Å². The van der Waals surface area contributed by atoms with Crippen LogP contribution in [0.4, 0.5) is 0 Å². The van der Waals surface area contributed by atoms with Gasteiger partial charge in [0.05, 0.1) is 24.1 Å². The van der Waals surface area contributed by atoms with Gasteiger partial charge >= 0.3 is 0 Å². The lowest BCUT2D eigenvalue weighted by Crippen LogP contribution is -2.36. The molecule has 0 unspecified atom stereocenters. The van der Waals surface area contributed by atoms with E-state index in [1.165, 1.54) is 0 Å². The van der Waals surface area contributed by atoms with Crippen molar-refractivity contribution >= 4 is 5.96 Å². The van der Waals surface area contributed by atoms with Crippen LogP contribution in [0.3, 0.4) is 0 Å². The number of guanidine groups is 1. The Morgan fingerprint density at radius 2 is 1.79 bits per heavy atom. The molecule has 0 atom stereocenters. The molecule has 0 aliphatic rings. The highest BCUT2D eigenvalue weighted by molar-refractivity contribution is 5.79. The number of hydrogen-bond acceptors (Lipinski definition) is 4. The van der Waals surface area contributed by atoms with Crippen LogP contribution in [0.5, 0.6) is 0 Å². The van der Waals surface area contributed by atoms with Crippen molar-refractivity contribution in [3.63, 3.8) is 0 Å². The van der Waals surface area contributed by atoms with Crippen LogP contribution >= 0.6 is 0 Å². The van der Waals surface area contributed by atoms with Crippen LogP contribution in [0.25, 0.3) is 5.69 Å². The van der Waals surface area contributed by atoms with Crippen molar-refractivity contribution in [3.05, 3.63) is 65.1 Å². The zero-order valence-electron chi connectivity index (χ0n) is 18.1. The van der Waals surface area contributed by atoms with Gasteiger partial charge in [0.2, 0.25) is 5.89 Å². The standard InChI is InChI=1S/C22H30N6O/c1-15-18(16(2)28(27-15)17-10-8-7-9-11-17)12-25-21(23-6)26-14-20-24-13-19(29-20)22(3,4)5/h7-11,13H,12,14H2,1-6H3,(H2,23,25,26). The number of hydrogen-bond donors (Lipinski definition) is 2. The first-order valence-corrected chi connectivity index (χ1v) is 9.80. The molecule has 0 aliphatic heterocycles. The van der Waals surface area contributed by atoms with E-state index in [-0.39, 0.29) is 5.41 Å². The third kappa shape index (κ3) is 4.85. The molecule has 0 aliphatic carbocycles. The number of nitrogens with one attached hydrogen (secondary N) is 2. The summed E-state index contributed by atoms with van der Waals surface area (Å²) in [5.41, 5.74) is 4.26. The largest absolute Gasteiger partial charge is 0.443 e. The van der Waals surface area contributed by atoms with E-state index in [2.05, 4.69) is 60.4 Å². The van der Waals surface area contributed by atoms with Crippen molar-refractivity contribution in [1.29, 1.82) is 0 Å². The third-order valence-corrected chi connectivity index (χ3v) is 4.80. The molecular weight excluding hydrogens is 364 g/mol. The predicted molar refractivity (Wildman–Crippen MR) is 115 cm³/mol. The summed E-state index contributed by atoms with van der Waals surface area (Å²) in [7, 11) is 1.75. The number of aromatic nitrogens is 3. The molecule has 0 radical (unpaired) electrons. The van der Waals surface area contributed by atoms with Gasteiger partial charge in [0.1, 0.15) is 5.76 Å². The molecule has 7 nitrogen and oxygen atoms in total. The molecule has 0 saturated carbocycles. The Kier molecular flexibility index (Phi) is 6.06. The number of nitrogens with zero attached hydrogens (tertiary/aromatic N) is 4. The van der Waals surface area contributed by atoms with Gasteiger partial charge in [-0.1, -0.05) is 39.0 Å². The summed E-state index contributed by atoms with van der Waals surface area (Å²) in [5, 5.41) is 11.3. The highest BCUT2D eigenvalue weighted by atomic mass is 16.4. The Hall–Kier alpha value is -3.09. The van der Waals surface area contributed by atoms with Crippen LogP contribution in [-0.2, 0) is 18.5 Å². The topological polar surface area (TPSA) is 80.3 Å². The summed E-state index contributed by atoms with van der Waals surface area (Å²) in [5.74, 6) is 2.20. The first kappa shape index (κ1) is 20.6. The fourth-order valence-electron chi connectivity index (χ4n) is 3.04. The van der Waals surface area contributed by atoms with E-state index in [4.69, 9.17) is 9.52 Å². The number of aryl methyl sites for hydroxylation is 1. The predicted octanol–water partition coefficient (Wildman–Crippen LogP) is 3.64. The maximum absolute atomic E-state index is 5.83. The average molecular weight is 395 g/mol. The molecule has 3 aromatic rings. The third-order valence-electron chi connectivity index (χ3n) is 4.80. The van der Waals surface area contributed by atoms with E-state index < -0.39 is 0 Å². The van der Waals surface area contributed by atoms with E-state index in [0.717, 1.165) is 28.4 Å². The molecule has 7 heteroatoms. The van der Waals surface area contributed by atoms with Crippen LogP contribution < -0.4 is 10.6 Å². The van der Waals surface area contributed by atoms with Gasteiger partial charge in [0.25, 0.3) is 0 Å². The van der Waals surface area contributed by atoms with E-state index in [1.54, 1.807) is 13.2 Å². The lowest BCUT2D eigenvalue weighted by molar-refractivity contribution is 0.379. The summed E-state index contributed by atoms with van der Waals surface area (Å²) in [6, 6.07) is 10.1. The molecule has 2 N–H and O–H groups in total. The monoisotopic (exact) mass is 394 g/mol. The average Bonchev–Trinajstić information content (AvgIpc) is 3.28. The molecule has 1 aromatic carbocycles. The zero-order valence-corrected chi connectivity index (χ0v) is 18.1. The Morgan fingerprint density at radius 1 is 1.10 bits per heavy atom. The minimum absolute atomic E-state index is 0.0564. The second kappa shape index (κ2) is 8.51. The van der Waals surface area contributed by atoms with Crippen LogP contribution in [0, 0.1) is 13.8 Å². The Morgan fingerprint density at radius 3 is 2.41 bits per heavy atom. The van der Waals surface area contributed by atoms with E-state index >= 15 is 0 Å². The molecule has 2 aromatic heterocycles. The number of rotatable bonds is 5. The molecule has 0 bridgehead atoms. The Labute approximate surface area is 172 Å². The van der Waals surface area contributed by atoms with Crippen molar-refractivity contribution in [2.24, 2.45) is 4.99 Å². The van der Waals surface area contributed by atoms with E-state index in [9.17, 15) is 0 Å². The summed E-state index contributed by atoms with van der Waals surface area (Å²) in [6.45, 7) is 11.5. The number of benzene rings is 1. The van der Waals surface area contributed by atoms with Gasteiger partial charge in [-0.3, -0.25) is 4.99 Å². The van der Waals surface area contributed by atoms with Crippen LogP contribution in [-0.4, -0.2) is 27.8 Å². The number of para-hydroxylation sites is 1. The summed E-state index contributed by atoms with van der Waals surface area (Å²) >= 11 is 0. The molecule has 0 fully saturated rings. The zero-order chi connectivity index (χ0) is 21.0. The molecule has 29 heavy (non-hydrogen) atoms. The molecular formula is C22H30N6O. The van der Waals surface area contributed by atoms with Crippen LogP contribution in [0.15, 0.2) is 45.9 Å². The second-order valence-electron chi connectivity index (χ2n) is 8.04. The van der Waals surface area contributed by atoms with Crippen molar-refractivity contribution < 1.29 is 4.42 Å². The van der Waals surface area contributed by atoms with Crippen molar-refractivity contribution in [1.82, 2.24) is 25.4 Å². The molecule has 154 valence electrons. The van der Waals surface area contributed by atoms with Gasteiger partial charge in [-0.2, -0.15) is 5.10 Å². The normalized spacial score (nSPS) is 12.3. The fraction of sp³-hybridized carbons (Fsp3) is 0.409. The molecule has 0 amide bonds. The Balaban J connectivity index is 1.63. The Bertz CT molecular complexity index is 979. The van der Waals surface area contributed by atoms with Gasteiger partial charge in [0, 0.05) is 30.3 Å². The fourth-order valence-corrected chi connectivity index (χ4v) is 3.04. The molecule has 2 heterocycles. The van der Waals surface area contributed by atoms with Crippen LogP contribution in [0.2, 0.25) is 0 Å². The minimum Gasteiger partial charge on any atom is -0.443 e. The second-order valence-corrected chi connectivity index (χ2v) is 8.04. The van der Waals surface area contributed by atoms with Gasteiger partial charge in [0.15, 0.2) is 5.96 Å². The highest BCUT2D eigenvalue weighted by Crippen LogP contribution is 2.22. The molecule has 0 spiro atoms. The van der Waals surface area contributed by atoms with E-state index in [1.807, 2.05) is 29.8 Å². The first-order chi connectivity index (χ1) is 13.8. The van der Waals surface area contributed by atoms with Gasteiger partial charge in [-0.25, -0.2) is 9.67 Å². The maximum atomic E-state index is 5.83. The molecule has 0 saturated heterocycles. The maximum Gasteiger partial charge on any atom is 0.213 e. The number of aliphatic imine (C=N–C) groups is 1. The summed E-state index contributed by atoms with van der Waals surface area (Å²) < 4.78 is 7.80. The first-order valence-electron chi connectivity index (χ1n) is 9.80. The highest BCUT2D eigenvalue weighted by Gasteiger charge is 2.19. The minimum atomic E-state index is -0.0564. The van der Waals surface area contributed by atoms with Crippen molar-refractivity contribution in [2.45, 2.75) is 53.1 Å². The quantitative estimate of drug-likeness (QED) is 0.510. The van der Waals surface area contributed by atoms with Gasteiger partial charge < -0.3 is 15.1 Å².